The van der Waals surface area contributed by atoms with E-state index >= 15 is 0 Å². The fourth-order valence-electron chi connectivity index (χ4n) is 3.89. The third-order valence-electron chi connectivity index (χ3n) is 5.66. The molecule has 0 spiro atoms. The zero-order valence-corrected chi connectivity index (χ0v) is 23.6. The molecule has 4 rings (SSSR count). The lowest BCUT2D eigenvalue weighted by atomic mass is 9.97. The van der Waals surface area contributed by atoms with Crippen molar-refractivity contribution in [3.05, 3.63) is 80.8 Å². The van der Waals surface area contributed by atoms with E-state index in [1.807, 2.05) is 0 Å². The SMILES string of the molecule is N#Cc1c(N)nc(SCCSc2nc(N)c(C#N)c(-c3ccc(Cl)cc3)c2C#N)c(C#N)c1-c1ccc(Cl)cc1. The molecule has 0 radical (unpaired) electrons. The number of hydrogen-bond donors (Lipinski definition) is 2. The number of hydrogen-bond acceptors (Lipinski definition) is 10. The Balaban J connectivity index is 1.63. The van der Waals surface area contributed by atoms with Crippen LogP contribution < -0.4 is 11.5 Å². The van der Waals surface area contributed by atoms with E-state index in [9.17, 15) is 21.0 Å². The number of nitrogens with zero attached hydrogens (tertiary/aromatic N) is 6. The van der Waals surface area contributed by atoms with Crippen LogP contribution in [0.4, 0.5) is 11.6 Å². The van der Waals surface area contributed by atoms with Gasteiger partial charge in [-0.05, 0) is 35.4 Å². The van der Waals surface area contributed by atoms with Crippen LogP contribution in [0.5, 0.6) is 0 Å². The second kappa shape index (κ2) is 12.6. The largest absolute Gasteiger partial charge is 0.383 e. The van der Waals surface area contributed by atoms with Crippen molar-refractivity contribution in [2.45, 2.75) is 10.1 Å². The molecule has 0 saturated heterocycles. The first-order valence-corrected chi connectivity index (χ1v) is 14.1. The molecule has 4 aromatic rings. The van der Waals surface area contributed by atoms with E-state index in [-0.39, 0.29) is 33.9 Å². The summed E-state index contributed by atoms with van der Waals surface area (Å²) in [5.41, 5.74) is 14.9. The lowest BCUT2D eigenvalue weighted by Gasteiger charge is -2.14. The molecule has 0 aliphatic heterocycles. The van der Waals surface area contributed by atoms with E-state index in [4.69, 9.17) is 34.7 Å². The lowest BCUT2D eigenvalue weighted by molar-refractivity contribution is 1.11. The highest BCUT2D eigenvalue weighted by molar-refractivity contribution is 8.03. The van der Waals surface area contributed by atoms with Crippen molar-refractivity contribution < 1.29 is 0 Å². The fraction of sp³-hybridized carbons (Fsp3) is 0.0714. The Morgan fingerprint density at radius 1 is 0.575 bits per heavy atom. The summed E-state index contributed by atoms with van der Waals surface area (Å²) < 4.78 is 0. The number of nitrogens with two attached hydrogens (primary N) is 2. The normalized spacial score (nSPS) is 10.2. The maximum absolute atomic E-state index is 9.99. The minimum Gasteiger partial charge on any atom is -0.383 e. The number of benzene rings is 2. The molecule has 0 atom stereocenters. The quantitative estimate of drug-likeness (QED) is 0.173. The summed E-state index contributed by atoms with van der Waals surface area (Å²) in [5.74, 6) is 0.950. The molecule has 0 fully saturated rings. The van der Waals surface area contributed by atoms with Crippen molar-refractivity contribution in [3.63, 3.8) is 0 Å². The van der Waals surface area contributed by atoms with Crippen molar-refractivity contribution in [3.8, 4) is 46.5 Å². The number of pyridine rings is 2. The maximum atomic E-state index is 9.99. The molecule has 4 N–H and O–H groups in total. The summed E-state index contributed by atoms with van der Waals surface area (Å²) in [6.45, 7) is 0. The fourth-order valence-corrected chi connectivity index (χ4v) is 6.11. The molecule has 2 aromatic carbocycles. The van der Waals surface area contributed by atoms with Gasteiger partial charge >= 0.3 is 0 Å². The van der Waals surface area contributed by atoms with Crippen molar-refractivity contribution in [1.82, 2.24) is 9.97 Å². The van der Waals surface area contributed by atoms with Gasteiger partial charge < -0.3 is 11.5 Å². The highest BCUT2D eigenvalue weighted by Crippen LogP contribution is 2.38. The minimum atomic E-state index is 0.0162. The summed E-state index contributed by atoms with van der Waals surface area (Å²) in [6.07, 6.45) is 0. The number of nitriles is 4. The van der Waals surface area contributed by atoms with Gasteiger partial charge in [-0.25, -0.2) is 9.97 Å². The molecule has 8 nitrogen and oxygen atoms in total. The molecule has 0 aliphatic rings. The molecule has 2 heterocycles. The third kappa shape index (κ3) is 5.77. The molecule has 0 saturated carbocycles. The Morgan fingerprint density at radius 3 is 1.20 bits per heavy atom. The Hall–Kier alpha value is -4.42. The van der Waals surface area contributed by atoms with Gasteiger partial charge in [0.05, 0.1) is 11.1 Å². The summed E-state index contributed by atoms with van der Waals surface area (Å²) in [4.78, 5) is 8.64. The Bertz CT molecular complexity index is 1650. The number of rotatable bonds is 7. The number of anilines is 2. The topological polar surface area (TPSA) is 173 Å². The molecule has 0 amide bonds. The monoisotopic (exact) mass is 598 g/mol. The van der Waals surface area contributed by atoms with E-state index in [2.05, 4.69) is 34.2 Å². The smallest absolute Gasteiger partial charge is 0.143 e. The van der Waals surface area contributed by atoms with E-state index < -0.39 is 0 Å². The van der Waals surface area contributed by atoms with E-state index in [1.54, 1.807) is 48.5 Å². The first-order valence-electron chi connectivity index (χ1n) is 11.4. The van der Waals surface area contributed by atoms with E-state index in [1.165, 1.54) is 23.5 Å². The minimum absolute atomic E-state index is 0.0162. The average Bonchev–Trinajstić information content (AvgIpc) is 2.95. The first-order chi connectivity index (χ1) is 19.3. The first kappa shape index (κ1) is 28.6. The predicted octanol–water partition coefficient (Wildman–Crippen LogP) is 6.65. The van der Waals surface area contributed by atoms with Gasteiger partial charge in [-0.15, -0.1) is 23.5 Å². The van der Waals surface area contributed by atoms with Crippen LogP contribution in [0.3, 0.4) is 0 Å². The molecule has 40 heavy (non-hydrogen) atoms. The van der Waals surface area contributed by atoms with E-state index in [0.717, 1.165) is 0 Å². The van der Waals surface area contributed by atoms with Crippen molar-refractivity contribution in [1.29, 1.82) is 21.0 Å². The highest BCUT2D eigenvalue weighted by Gasteiger charge is 2.22. The standard InChI is InChI=1S/C28H16Cl2N8S2/c29-17-5-1-15(2-6-17)23-19(11-31)25(35)37-27(21(23)13-33)39-9-10-40-28-22(14-34)24(20(12-32)26(36)38-28)16-3-7-18(30)8-4-16/h1-8H,9-10H2,(H2,35,37)(H2,36,38). The second-order valence-electron chi connectivity index (χ2n) is 8.01. The Labute approximate surface area is 248 Å². The van der Waals surface area contributed by atoms with E-state index in [0.29, 0.717) is 53.9 Å². The van der Waals surface area contributed by atoms with Crippen molar-refractivity contribution in [2.75, 3.05) is 23.0 Å². The molecule has 0 bridgehead atoms. The summed E-state index contributed by atoms with van der Waals surface area (Å²) >= 11 is 14.6. The molecule has 12 heteroatoms. The summed E-state index contributed by atoms with van der Waals surface area (Å²) in [6, 6.07) is 22.0. The molecule has 194 valence electrons. The molecule has 0 aliphatic carbocycles. The van der Waals surface area contributed by atoms with Crippen LogP contribution in [0, 0.1) is 45.3 Å². The Morgan fingerprint density at radius 2 is 0.900 bits per heavy atom. The molecular weight excluding hydrogens is 583 g/mol. The van der Waals surface area contributed by atoms with Gasteiger partial charge in [-0.3, -0.25) is 0 Å². The van der Waals surface area contributed by atoms with Gasteiger partial charge in [-0.2, -0.15) is 21.0 Å². The van der Waals surface area contributed by atoms with Crippen LogP contribution in [-0.2, 0) is 0 Å². The van der Waals surface area contributed by atoms with Crippen LogP contribution in [-0.4, -0.2) is 21.5 Å². The van der Waals surface area contributed by atoms with Gasteiger partial charge in [0.1, 0.15) is 57.1 Å². The van der Waals surface area contributed by atoms with Crippen LogP contribution >= 0.6 is 46.7 Å². The van der Waals surface area contributed by atoms with Crippen LogP contribution in [0.2, 0.25) is 10.0 Å². The molecule has 2 aromatic heterocycles. The van der Waals surface area contributed by atoms with Crippen LogP contribution in [0.1, 0.15) is 22.3 Å². The number of aromatic nitrogens is 2. The van der Waals surface area contributed by atoms with Crippen LogP contribution in [0.15, 0.2) is 58.6 Å². The zero-order chi connectivity index (χ0) is 28.8. The predicted molar refractivity (Wildman–Crippen MR) is 158 cm³/mol. The van der Waals surface area contributed by atoms with Gasteiger partial charge in [0.2, 0.25) is 0 Å². The van der Waals surface area contributed by atoms with Crippen LogP contribution in [0.25, 0.3) is 22.3 Å². The highest BCUT2D eigenvalue weighted by atomic mass is 35.5. The van der Waals surface area contributed by atoms with Gasteiger partial charge in [-0.1, -0.05) is 47.5 Å². The maximum Gasteiger partial charge on any atom is 0.143 e. The van der Waals surface area contributed by atoms with Crippen molar-refractivity contribution >= 4 is 58.4 Å². The number of thioether (sulfide) groups is 2. The second-order valence-corrected chi connectivity index (χ2v) is 11.1. The van der Waals surface area contributed by atoms with Gasteiger partial charge in [0, 0.05) is 32.7 Å². The van der Waals surface area contributed by atoms with Gasteiger partial charge in [0.15, 0.2) is 0 Å². The molecular formula is C28H16Cl2N8S2. The average molecular weight is 600 g/mol. The third-order valence-corrected chi connectivity index (χ3v) is 8.37. The van der Waals surface area contributed by atoms with Gasteiger partial charge in [0.25, 0.3) is 0 Å². The zero-order valence-electron chi connectivity index (χ0n) is 20.4. The lowest BCUT2D eigenvalue weighted by Crippen LogP contribution is -2.05. The number of halogens is 2. The number of nitrogen functional groups attached to an aromatic ring is 2. The molecule has 0 unspecified atom stereocenters. The summed E-state index contributed by atoms with van der Waals surface area (Å²) in [7, 11) is 0. The Kier molecular flexibility index (Phi) is 9.02. The van der Waals surface area contributed by atoms with Crippen molar-refractivity contribution in [2.24, 2.45) is 0 Å². The summed E-state index contributed by atoms with van der Waals surface area (Å²) in [5, 5.41) is 41.2.